The predicted octanol–water partition coefficient (Wildman–Crippen LogP) is 5.14. The summed E-state index contributed by atoms with van der Waals surface area (Å²) in [5.41, 5.74) is 5.01. The number of nitro groups is 1. The second kappa shape index (κ2) is 9.48. The van der Waals surface area contributed by atoms with E-state index in [0.717, 1.165) is 26.8 Å². The number of phenols is 1. The summed E-state index contributed by atoms with van der Waals surface area (Å²) in [4.78, 5) is 30.5. The molecule has 4 aromatic rings. The molecule has 6 rings (SSSR count). The van der Waals surface area contributed by atoms with Crippen molar-refractivity contribution in [2.24, 2.45) is 4.99 Å². The van der Waals surface area contributed by atoms with Crippen LogP contribution in [0.25, 0.3) is 11.8 Å². The standard InChI is InChI=1S/C27H17I2N3O4S/c28-17-10-16(25(33)21(29)13-17)12-22-26(34)31-24(15-5-3-6-18(11-15)32(35)36)20-9-8-14-4-1-2-7-19(14)23(20)30-27(31)37-22/h1-7,10-13,24,33H,8-9H2/b22-12-/t24-/m0/s1. The minimum Gasteiger partial charge on any atom is -0.506 e. The third kappa shape index (κ3) is 4.24. The molecule has 1 aliphatic carbocycles. The van der Waals surface area contributed by atoms with Crippen LogP contribution in [0.1, 0.15) is 34.7 Å². The first-order valence-corrected chi connectivity index (χ1v) is 14.3. The number of nitro benzene ring substituents is 1. The molecular formula is C27H17I2N3O4S. The smallest absolute Gasteiger partial charge is 0.271 e. The third-order valence-electron chi connectivity index (χ3n) is 6.61. The van der Waals surface area contributed by atoms with E-state index in [1.165, 1.54) is 23.0 Å². The number of hydrogen-bond acceptors (Lipinski definition) is 6. The van der Waals surface area contributed by atoms with Crippen LogP contribution in [0.4, 0.5) is 5.69 Å². The Labute approximate surface area is 241 Å². The minimum atomic E-state index is -0.508. The van der Waals surface area contributed by atoms with E-state index >= 15 is 0 Å². The average Bonchev–Trinajstić information content (AvgIpc) is 3.20. The van der Waals surface area contributed by atoms with Gasteiger partial charge in [0.1, 0.15) is 5.75 Å². The summed E-state index contributed by atoms with van der Waals surface area (Å²) >= 11 is 5.51. The zero-order valence-electron chi connectivity index (χ0n) is 19.0. The van der Waals surface area contributed by atoms with Crippen LogP contribution in [0.3, 0.4) is 0 Å². The van der Waals surface area contributed by atoms with Crippen LogP contribution in [0.5, 0.6) is 5.75 Å². The van der Waals surface area contributed by atoms with Gasteiger partial charge in [0.05, 0.1) is 24.8 Å². The molecule has 10 heteroatoms. The molecule has 0 unspecified atom stereocenters. The zero-order chi connectivity index (χ0) is 25.8. The van der Waals surface area contributed by atoms with Gasteiger partial charge in [0.25, 0.3) is 11.2 Å². The highest BCUT2D eigenvalue weighted by atomic mass is 127. The van der Waals surface area contributed by atoms with Gasteiger partial charge in [-0.25, -0.2) is 4.99 Å². The summed E-state index contributed by atoms with van der Waals surface area (Å²) in [5, 5.41) is 22.2. The summed E-state index contributed by atoms with van der Waals surface area (Å²) in [6.07, 6.45) is 3.20. The quantitative estimate of drug-likeness (QED) is 0.179. The fourth-order valence-corrected chi connectivity index (χ4v) is 7.85. The fraction of sp³-hybridized carbons (Fsp3) is 0.111. The van der Waals surface area contributed by atoms with Crippen molar-refractivity contribution in [1.82, 2.24) is 4.57 Å². The number of fused-ring (bicyclic) bond motifs is 3. The number of rotatable bonds is 3. The minimum absolute atomic E-state index is 0.0201. The highest BCUT2D eigenvalue weighted by molar-refractivity contribution is 14.1. The van der Waals surface area contributed by atoms with Crippen LogP contribution in [-0.4, -0.2) is 14.6 Å². The SMILES string of the molecule is O=c1/c(=C/c2cc(I)cc(I)c2O)sc2n1[C@@H](c1cccc([N+](=O)[O-])c1)C1=C(N=2)c2ccccc2CC1. The first-order valence-electron chi connectivity index (χ1n) is 11.4. The van der Waals surface area contributed by atoms with Gasteiger partial charge in [-0.3, -0.25) is 19.5 Å². The number of allylic oxidation sites excluding steroid dienone is 1. The molecule has 1 atom stereocenters. The maximum absolute atomic E-state index is 13.9. The van der Waals surface area contributed by atoms with Crippen LogP contribution < -0.4 is 14.9 Å². The van der Waals surface area contributed by atoms with Gasteiger partial charge in [-0.05, 0) is 92.9 Å². The number of nitrogens with zero attached hydrogens (tertiary/aromatic N) is 3. The van der Waals surface area contributed by atoms with Crippen molar-refractivity contribution < 1.29 is 10.0 Å². The monoisotopic (exact) mass is 733 g/mol. The Morgan fingerprint density at radius 2 is 1.92 bits per heavy atom. The number of aryl methyl sites for hydroxylation is 1. The molecular weight excluding hydrogens is 716 g/mol. The lowest BCUT2D eigenvalue weighted by Gasteiger charge is -2.30. The maximum atomic E-state index is 13.9. The van der Waals surface area contributed by atoms with Crippen molar-refractivity contribution in [3.05, 3.63) is 125 Å². The number of thiazole rings is 1. The van der Waals surface area contributed by atoms with Crippen LogP contribution in [0, 0.1) is 17.3 Å². The number of phenolic OH excluding ortho intramolecular Hbond substituents is 1. The molecule has 0 amide bonds. The predicted molar refractivity (Wildman–Crippen MR) is 159 cm³/mol. The molecule has 2 heterocycles. The molecule has 1 N–H and O–H groups in total. The number of aromatic nitrogens is 1. The molecule has 0 saturated carbocycles. The number of non-ortho nitro benzene ring substituents is 1. The molecule has 7 nitrogen and oxygen atoms in total. The van der Waals surface area contributed by atoms with Gasteiger partial charge < -0.3 is 5.11 Å². The topological polar surface area (TPSA) is 97.7 Å². The van der Waals surface area contributed by atoms with Crippen molar-refractivity contribution in [3.8, 4) is 5.75 Å². The van der Waals surface area contributed by atoms with Crippen LogP contribution in [-0.2, 0) is 6.42 Å². The Hall–Kier alpha value is -2.84. The van der Waals surface area contributed by atoms with Crippen LogP contribution in [0.2, 0.25) is 0 Å². The average molecular weight is 733 g/mol. The lowest BCUT2D eigenvalue weighted by molar-refractivity contribution is -0.384. The van der Waals surface area contributed by atoms with Crippen LogP contribution >= 0.6 is 56.5 Å². The molecule has 0 radical (unpaired) electrons. The summed E-state index contributed by atoms with van der Waals surface area (Å²) in [6, 6.07) is 17.8. The Bertz CT molecular complexity index is 1840. The number of halogens is 2. The van der Waals surface area contributed by atoms with Gasteiger partial charge in [0.2, 0.25) is 0 Å². The summed E-state index contributed by atoms with van der Waals surface area (Å²) in [6.45, 7) is 0. The highest BCUT2D eigenvalue weighted by Crippen LogP contribution is 2.41. The molecule has 37 heavy (non-hydrogen) atoms. The van der Waals surface area contributed by atoms with E-state index in [9.17, 15) is 20.0 Å². The number of benzene rings is 3. The van der Waals surface area contributed by atoms with Gasteiger partial charge in [0, 0.05) is 26.8 Å². The molecule has 3 aromatic carbocycles. The van der Waals surface area contributed by atoms with E-state index in [1.54, 1.807) is 22.8 Å². The van der Waals surface area contributed by atoms with Gasteiger partial charge in [-0.2, -0.15) is 0 Å². The van der Waals surface area contributed by atoms with Crippen molar-refractivity contribution in [3.63, 3.8) is 0 Å². The molecule has 0 saturated heterocycles. The Morgan fingerprint density at radius 1 is 1.11 bits per heavy atom. The molecule has 184 valence electrons. The molecule has 1 aromatic heterocycles. The normalized spacial score (nSPS) is 16.6. The van der Waals surface area contributed by atoms with E-state index in [0.29, 0.717) is 30.5 Å². The van der Waals surface area contributed by atoms with Crippen molar-refractivity contribution >= 4 is 74.0 Å². The Balaban J connectivity index is 1.64. The van der Waals surface area contributed by atoms with E-state index in [-0.39, 0.29) is 17.0 Å². The Kier molecular flexibility index (Phi) is 6.27. The molecule has 2 aliphatic rings. The summed E-state index contributed by atoms with van der Waals surface area (Å²) in [5.74, 6) is 0.121. The molecule has 0 fully saturated rings. The molecule has 0 spiro atoms. The van der Waals surface area contributed by atoms with Gasteiger partial charge in [0.15, 0.2) is 4.80 Å². The van der Waals surface area contributed by atoms with E-state index in [4.69, 9.17) is 4.99 Å². The van der Waals surface area contributed by atoms with E-state index < -0.39 is 11.0 Å². The van der Waals surface area contributed by atoms with Crippen molar-refractivity contribution in [2.75, 3.05) is 0 Å². The third-order valence-corrected chi connectivity index (χ3v) is 9.04. The van der Waals surface area contributed by atoms with Gasteiger partial charge in [-0.15, -0.1) is 0 Å². The van der Waals surface area contributed by atoms with Crippen LogP contribution in [0.15, 0.2) is 76.0 Å². The Morgan fingerprint density at radius 3 is 2.73 bits per heavy atom. The highest BCUT2D eigenvalue weighted by Gasteiger charge is 2.33. The van der Waals surface area contributed by atoms with Gasteiger partial charge in [-0.1, -0.05) is 47.7 Å². The number of hydrogen-bond donors (Lipinski definition) is 1. The summed E-state index contributed by atoms with van der Waals surface area (Å²) < 4.78 is 3.74. The molecule has 1 aliphatic heterocycles. The first kappa shape index (κ1) is 24.5. The van der Waals surface area contributed by atoms with E-state index in [2.05, 4.69) is 51.2 Å². The zero-order valence-corrected chi connectivity index (χ0v) is 24.2. The van der Waals surface area contributed by atoms with Crippen molar-refractivity contribution in [1.29, 1.82) is 0 Å². The second-order valence-corrected chi connectivity index (χ2v) is 12.2. The van der Waals surface area contributed by atoms with Gasteiger partial charge >= 0.3 is 0 Å². The second-order valence-electron chi connectivity index (χ2n) is 8.79. The lowest BCUT2D eigenvalue weighted by atomic mass is 9.83. The maximum Gasteiger partial charge on any atom is 0.271 e. The first-order chi connectivity index (χ1) is 17.8. The lowest BCUT2D eigenvalue weighted by Crippen LogP contribution is -2.38. The fourth-order valence-electron chi connectivity index (χ4n) is 4.97. The largest absolute Gasteiger partial charge is 0.506 e. The number of aromatic hydroxyl groups is 1. The van der Waals surface area contributed by atoms with E-state index in [1.807, 2.05) is 36.4 Å². The van der Waals surface area contributed by atoms with Crippen molar-refractivity contribution in [2.45, 2.75) is 18.9 Å². The molecule has 0 bridgehead atoms. The summed E-state index contributed by atoms with van der Waals surface area (Å²) in [7, 11) is 0.